The summed E-state index contributed by atoms with van der Waals surface area (Å²) in [6.07, 6.45) is 3.25. The molecule has 1 heterocycles. The molecule has 0 radical (unpaired) electrons. The van der Waals surface area contributed by atoms with Crippen molar-refractivity contribution in [2.24, 2.45) is 5.73 Å². The Morgan fingerprint density at radius 1 is 1.06 bits per heavy atom. The number of hydrogen-bond acceptors (Lipinski definition) is 5. The maximum absolute atomic E-state index is 5.56. The number of rotatable bonds is 5. The van der Waals surface area contributed by atoms with Crippen LogP contribution < -0.4 is 15.8 Å². The van der Waals surface area contributed by atoms with Crippen LogP contribution in [0.3, 0.4) is 0 Å². The van der Waals surface area contributed by atoms with Gasteiger partial charge >= 0.3 is 0 Å². The highest BCUT2D eigenvalue weighted by Gasteiger charge is 1.98. The Morgan fingerprint density at radius 2 is 1.76 bits per heavy atom. The zero-order chi connectivity index (χ0) is 11.9. The lowest BCUT2D eigenvalue weighted by Crippen LogP contribution is -2.14. The van der Waals surface area contributed by atoms with Crippen LogP contribution in [0.2, 0.25) is 0 Å². The van der Waals surface area contributed by atoms with Crippen molar-refractivity contribution >= 4 is 5.95 Å². The van der Waals surface area contributed by atoms with Crippen molar-refractivity contribution in [1.29, 1.82) is 0 Å². The molecule has 0 saturated heterocycles. The molecule has 0 aliphatic heterocycles. The topological polar surface area (TPSA) is 73.1 Å². The van der Waals surface area contributed by atoms with Crippen molar-refractivity contribution in [3.63, 3.8) is 0 Å². The van der Waals surface area contributed by atoms with Crippen LogP contribution in [0, 0.1) is 0 Å². The number of nitrogens with one attached hydrogen (secondary N) is 1. The Bertz CT molecular complexity index is 444. The quantitative estimate of drug-likeness (QED) is 0.816. The van der Waals surface area contributed by atoms with Gasteiger partial charge < -0.3 is 15.8 Å². The first-order chi connectivity index (χ1) is 8.38. The van der Waals surface area contributed by atoms with Crippen molar-refractivity contribution in [2.45, 2.75) is 0 Å². The van der Waals surface area contributed by atoms with E-state index in [2.05, 4.69) is 15.3 Å². The number of anilines is 1. The van der Waals surface area contributed by atoms with Gasteiger partial charge in [0.25, 0.3) is 0 Å². The molecule has 5 nitrogen and oxygen atoms in total. The minimum absolute atomic E-state index is 0.547. The molecule has 2 rings (SSSR count). The molecular weight excluding hydrogens is 216 g/mol. The van der Waals surface area contributed by atoms with Gasteiger partial charge in [-0.05, 0) is 12.1 Å². The van der Waals surface area contributed by atoms with Crippen molar-refractivity contribution in [3.8, 4) is 11.5 Å². The molecule has 17 heavy (non-hydrogen) atoms. The van der Waals surface area contributed by atoms with Crippen LogP contribution in [0.4, 0.5) is 5.95 Å². The first kappa shape index (κ1) is 11.3. The normalized spacial score (nSPS) is 9.94. The predicted octanol–water partition coefficient (Wildman–Crippen LogP) is 1.64. The van der Waals surface area contributed by atoms with Crippen molar-refractivity contribution in [3.05, 3.63) is 42.7 Å². The fourth-order valence-corrected chi connectivity index (χ4v) is 1.27. The van der Waals surface area contributed by atoms with Crippen LogP contribution in [0.15, 0.2) is 42.7 Å². The number of para-hydroxylation sites is 1. The van der Waals surface area contributed by atoms with E-state index in [0.29, 0.717) is 24.8 Å². The molecule has 0 saturated carbocycles. The Hall–Kier alpha value is -2.14. The van der Waals surface area contributed by atoms with E-state index in [1.54, 1.807) is 12.4 Å². The molecule has 0 unspecified atom stereocenters. The standard InChI is InChI=1S/C12H14N4O/c13-6-7-14-12-15-8-11(9-16-12)17-10-4-2-1-3-5-10/h1-5,8-9H,6-7,13H2,(H,14,15,16). The largest absolute Gasteiger partial charge is 0.454 e. The van der Waals surface area contributed by atoms with Crippen LogP contribution >= 0.6 is 0 Å². The summed E-state index contributed by atoms with van der Waals surface area (Å²) in [6.45, 7) is 1.20. The minimum atomic E-state index is 0.547. The van der Waals surface area contributed by atoms with Crippen LogP contribution in [0.25, 0.3) is 0 Å². The van der Waals surface area contributed by atoms with Gasteiger partial charge in [0.1, 0.15) is 5.75 Å². The number of nitrogens with two attached hydrogens (primary N) is 1. The number of nitrogens with zero attached hydrogens (tertiary/aromatic N) is 2. The highest BCUT2D eigenvalue weighted by molar-refractivity contribution is 5.31. The smallest absolute Gasteiger partial charge is 0.222 e. The lowest BCUT2D eigenvalue weighted by molar-refractivity contribution is 0.477. The molecular formula is C12H14N4O. The summed E-state index contributed by atoms with van der Waals surface area (Å²) in [5.74, 6) is 1.92. The summed E-state index contributed by atoms with van der Waals surface area (Å²) in [7, 11) is 0. The van der Waals surface area contributed by atoms with Crippen molar-refractivity contribution in [1.82, 2.24) is 9.97 Å². The van der Waals surface area contributed by atoms with E-state index in [0.717, 1.165) is 5.75 Å². The van der Waals surface area contributed by atoms with Gasteiger partial charge in [0.2, 0.25) is 5.95 Å². The fraction of sp³-hybridized carbons (Fsp3) is 0.167. The molecule has 2 aromatic rings. The summed E-state index contributed by atoms with van der Waals surface area (Å²) in [6, 6.07) is 9.51. The molecule has 88 valence electrons. The first-order valence-electron chi connectivity index (χ1n) is 5.37. The summed E-state index contributed by atoms with van der Waals surface area (Å²) in [4.78, 5) is 8.22. The van der Waals surface area contributed by atoms with Crippen molar-refractivity contribution in [2.75, 3.05) is 18.4 Å². The third-order valence-electron chi connectivity index (χ3n) is 2.03. The average molecular weight is 230 g/mol. The van der Waals surface area contributed by atoms with E-state index in [4.69, 9.17) is 10.5 Å². The van der Waals surface area contributed by atoms with E-state index in [1.807, 2.05) is 30.3 Å². The summed E-state index contributed by atoms with van der Waals surface area (Å²) >= 11 is 0. The van der Waals surface area contributed by atoms with Gasteiger partial charge in [0.15, 0.2) is 5.75 Å². The number of hydrogen-bond donors (Lipinski definition) is 2. The molecule has 0 fully saturated rings. The molecule has 1 aromatic carbocycles. The highest BCUT2D eigenvalue weighted by atomic mass is 16.5. The molecule has 0 aliphatic rings. The fourth-order valence-electron chi connectivity index (χ4n) is 1.27. The third-order valence-corrected chi connectivity index (χ3v) is 2.03. The molecule has 0 bridgehead atoms. The Morgan fingerprint density at radius 3 is 2.41 bits per heavy atom. The van der Waals surface area contributed by atoms with Crippen LogP contribution in [-0.4, -0.2) is 23.1 Å². The zero-order valence-corrected chi connectivity index (χ0v) is 9.34. The van der Waals surface area contributed by atoms with E-state index < -0.39 is 0 Å². The molecule has 0 aliphatic carbocycles. The zero-order valence-electron chi connectivity index (χ0n) is 9.34. The second-order valence-electron chi connectivity index (χ2n) is 3.37. The van der Waals surface area contributed by atoms with E-state index in [1.165, 1.54) is 0 Å². The minimum Gasteiger partial charge on any atom is -0.454 e. The average Bonchev–Trinajstić information content (AvgIpc) is 2.39. The van der Waals surface area contributed by atoms with E-state index in [9.17, 15) is 0 Å². The first-order valence-corrected chi connectivity index (χ1v) is 5.37. The Kier molecular flexibility index (Phi) is 3.88. The van der Waals surface area contributed by atoms with Gasteiger partial charge in [-0.1, -0.05) is 18.2 Å². The molecule has 5 heteroatoms. The van der Waals surface area contributed by atoms with Crippen LogP contribution in [-0.2, 0) is 0 Å². The lowest BCUT2D eigenvalue weighted by Gasteiger charge is -2.06. The number of aromatic nitrogens is 2. The Balaban J connectivity index is 1.98. The molecule has 1 aromatic heterocycles. The van der Waals surface area contributed by atoms with Gasteiger partial charge in [-0.3, -0.25) is 0 Å². The van der Waals surface area contributed by atoms with E-state index in [-0.39, 0.29) is 0 Å². The predicted molar refractivity (Wildman–Crippen MR) is 66.1 cm³/mol. The van der Waals surface area contributed by atoms with Crippen molar-refractivity contribution < 1.29 is 4.74 Å². The van der Waals surface area contributed by atoms with E-state index >= 15 is 0 Å². The number of benzene rings is 1. The molecule has 0 amide bonds. The summed E-state index contributed by atoms with van der Waals surface area (Å²) < 4.78 is 5.56. The molecule has 0 spiro atoms. The highest BCUT2D eigenvalue weighted by Crippen LogP contribution is 2.19. The Labute approximate surface area is 99.7 Å². The third kappa shape index (κ3) is 3.42. The van der Waals surface area contributed by atoms with Gasteiger partial charge in [-0.15, -0.1) is 0 Å². The number of ether oxygens (including phenoxy) is 1. The van der Waals surface area contributed by atoms with Gasteiger partial charge in [-0.2, -0.15) is 0 Å². The van der Waals surface area contributed by atoms with Gasteiger partial charge in [-0.25, -0.2) is 9.97 Å². The maximum atomic E-state index is 5.56. The van der Waals surface area contributed by atoms with Gasteiger partial charge in [0.05, 0.1) is 12.4 Å². The summed E-state index contributed by atoms with van der Waals surface area (Å²) in [5.41, 5.74) is 5.37. The summed E-state index contributed by atoms with van der Waals surface area (Å²) in [5, 5.41) is 2.98. The van der Waals surface area contributed by atoms with Crippen LogP contribution in [0.1, 0.15) is 0 Å². The monoisotopic (exact) mass is 230 g/mol. The maximum Gasteiger partial charge on any atom is 0.222 e. The lowest BCUT2D eigenvalue weighted by atomic mass is 10.3. The molecule has 3 N–H and O–H groups in total. The van der Waals surface area contributed by atoms with Crippen LogP contribution in [0.5, 0.6) is 11.5 Å². The van der Waals surface area contributed by atoms with Gasteiger partial charge in [0, 0.05) is 13.1 Å². The second-order valence-corrected chi connectivity index (χ2v) is 3.37. The SMILES string of the molecule is NCCNc1ncc(Oc2ccccc2)cn1. The second kappa shape index (κ2) is 5.81. The molecule has 0 atom stereocenters.